The quantitative estimate of drug-likeness (QED) is 0.768. The van der Waals surface area contributed by atoms with Crippen LogP contribution in [0.4, 0.5) is 0 Å². The fraction of sp³-hybridized carbons (Fsp3) is 0.368. The first-order valence-electron chi connectivity index (χ1n) is 7.97. The van der Waals surface area contributed by atoms with E-state index in [1.54, 1.807) is 7.11 Å². The zero-order chi connectivity index (χ0) is 16.5. The molecule has 0 saturated carbocycles. The zero-order valence-corrected chi connectivity index (χ0v) is 13.8. The van der Waals surface area contributed by atoms with Gasteiger partial charge in [0.25, 0.3) is 0 Å². The third kappa shape index (κ3) is 4.89. The first-order chi connectivity index (χ1) is 11.3. The van der Waals surface area contributed by atoms with Crippen LogP contribution in [-0.4, -0.2) is 26.9 Å². The predicted octanol–water partition coefficient (Wildman–Crippen LogP) is 3.61. The summed E-state index contributed by atoms with van der Waals surface area (Å²) in [5, 5.41) is 0. The van der Waals surface area contributed by atoms with Gasteiger partial charge in [0.2, 0.25) is 0 Å². The molecule has 0 amide bonds. The molecule has 0 aliphatic heterocycles. The minimum absolute atomic E-state index is 0.209. The van der Waals surface area contributed by atoms with Crippen molar-refractivity contribution >= 4 is 0 Å². The van der Waals surface area contributed by atoms with Gasteiger partial charge in [0.05, 0.1) is 20.3 Å². The van der Waals surface area contributed by atoms with E-state index in [2.05, 4.69) is 6.07 Å². The minimum atomic E-state index is 0.209. The first kappa shape index (κ1) is 17.2. The van der Waals surface area contributed by atoms with E-state index in [1.807, 2.05) is 49.4 Å². The molecule has 23 heavy (non-hydrogen) atoms. The lowest BCUT2D eigenvalue weighted by molar-refractivity contribution is 0.292. The summed E-state index contributed by atoms with van der Waals surface area (Å²) in [5.41, 5.74) is 7.07. The minimum Gasteiger partial charge on any atom is -0.496 e. The molecule has 2 N–H and O–H groups in total. The molecule has 0 bridgehead atoms. The molecule has 4 heteroatoms. The molecule has 0 fully saturated rings. The largest absolute Gasteiger partial charge is 0.496 e. The number of methoxy groups -OCH3 is 1. The lowest BCUT2D eigenvalue weighted by Gasteiger charge is -2.18. The highest BCUT2D eigenvalue weighted by atomic mass is 16.5. The second kappa shape index (κ2) is 9.06. The molecule has 124 valence electrons. The Labute approximate surface area is 138 Å². The lowest BCUT2D eigenvalue weighted by Crippen LogP contribution is -2.16. The predicted molar refractivity (Wildman–Crippen MR) is 92.5 cm³/mol. The van der Waals surface area contributed by atoms with Crippen LogP contribution in [0.3, 0.4) is 0 Å². The van der Waals surface area contributed by atoms with Gasteiger partial charge in [0, 0.05) is 12.0 Å². The van der Waals surface area contributed by atoms with Crippen molar-refractivity contribution in [3.8, 4) is 17.2 Å². The molecule has 2 aromatic carbocycles. The highest BCUT2D eigenvalue weighted by molar-refractivity contribution is 5.36. The van der Waals surface area contributed by atoms with Gasteiger partial charge < -0.3 is 19.9 Å². The number of hydrogen-bond donors (Lipinski definition) is 1. The number of para-hydroxylation sites is 1. The third-order valence-electron chi connectivity index (χ3n) is 3.71. The van der Waals surface area contributed by atoms with Gasteiger partial charge in [-0.25, -0.2) is 0 Å². The SMILES string of the molecule is CCOc1cccc(OCCC(CN)c2ccccc2OC)c1. The van der Waals surface area contributed by atoms with Gasteiger partial charge in [-0.15, -0.1) is 0 Å². The van der Waals surface area contributed by atoms with Crippen LogP contribution in [0.25, 0.3) is 0 Å². The van der Waals surface area contributed by atoms with Crippen molar-refractivity contribution in [2.24, 2.45) is 5.73 Å². The number of ether oxygens (including phenoxy) is 3. The molecule has 0 aromatic heterocycles. The van der Waals surface area contributed by atoms with E-state index in [4.69, 9.17) is 19.9 Å². The zero-order valence-electron chi connectivity index (χ0n) is 13.8. The molecule has 0 aliphatic carbocycles. The topological polar surface area (TPSA) is 53.7 Å². The number of hydrogen-bond acceptors (Lipinski definition) is 4. The maximum Gasteiger partial charge on any atom is 0.122 e. The number of benzene rings is 2. The van der Waals surface area contributed by atoms with E-state index in [0.717, 1.165) is 29.2 Å². The molecular formula is C19H25NO3. The molecule has 0 aliphatic rings. The maximum atomic E-state index is 5.94. The molecule has 2 rings (SSSR count). The summed E-state index contributed by atoms with van der Waals surface area (Å²) in [6, 6.07) is 15.7. The van der Waals surface area contributed by atoms with Crippen LogP contribution >= 0.6 is 0 Å². The van der Waals surface area contributed by atoms with Gasteiger partial charge in [-0.2, -0.15) is 0 Å². The Morgan fingerprint density at radius 3 is 2.43 bits per heavy atom. The molecule has 0 radical (unpaired) electrons. The van der Waals surface area contributed by atoms with E-state index in [0.29, 0.717) is 19.8 Å². The molecule has 0 heterocycles. The Balaban J connectivity index is 1.94. The Hall–Kier alpha value is -2.20. The molecule has 0 saturated heterocycles. The van der Waals surface area contributed by atoms with Gasteiger partial charge in [-0.1, -0.05) is 24.3 Å². The van der Waals surface area contributed by atoms with Gasteiger partial charge in [0.15, 0.2) is 0 Å². The molecular weight excluding hydrogens is 290 g/mol. The second-order valence-corrected chi connectivity index (χ2v) is 5.22. The fourth-order valence-corrected chi connectivity index (χ4v) is 2.54. The van der Waals surface area contributed by atoms with E-state index >= 15 is 0 Å². The van der Waals surface area contributed by atoms with Crippen LogP contribution in [0.1, 0.15) is 24.8 Å². The van der Waals surface area contributed by atoms with Crippen molar-refractivity contribution in [3.63, 3.8) is 0 Å². The van der Waals surface area contributed by atoms with E-state index in [9.17, 15) is 0 Å². The van der Waals surface area contributed by atoms with Crippen LogP contribution in [0.2, 0.25) is 0 Å². The number of nitrogens with two attached hydrogens (primary N) is 1. The van der Waals surface area contributed by atoms with E-state index in [-0.39, 0.29) is 5.92 Å². The Morgan fingerprint density at radius 2 is 1.74 bits per heavy atom. The summed E-state index contributed by atoms with van der Waals surface area (Å²) in [7, 11) is 1.68. The maximum absolute atomic E-state index is 5.94. The molecule has 1 unspecified atom stereocenters. The summed E-state index contributed by atoms with van der Waals surface area (Å²) in [6.07, 6.45) is 0.829. The molecule has 0 spiro atoms. The standard InChI is InChI=1S/C19H25NO3/c1-3-22-16-7-6-8-17(13-16)23-12-11-15(14-20)18-9-4-5-10-19(18)21-2/h4-10,13,15H,3,11-12,14,20H2,1-2H3. The molecule has 4 nitrogen and oxygen atoms in total. The highest BCUT2D eigenvalue weighted by Crippen LogP contribution is 2.28. The molecule has 1 atom stereocenters. The van der Waals surface area contributed by atoms with Crippen molar-refractivity contribution in [2.75, 3.05) is 26.9 Å². The van der Waals surface area contributed by atoms with E-state index in [1.165, 1.54) is 0 Å². The van der Waals surface area contributed by atoms with Crippen LogP contribution in [0.5, 0.6) is 17.2 Å². The van der Waals surface area contributed by atoms with Crippen molar-refractivity contribution in [2.45, 2.75) is 19.3 Å². The Kier molecular flexibility index (Phi) is 6.76. The summed E-state index contributed by atoms with van der Waals surface area (Å²) in [4.78, 5) is 0. The van der Waals surface area contributed by atoms with Crippen molar-refractivity contribution in [3.05, 3.63) is 54.1 Å². The summed E-state index contributed by atoms with van der Waals surface area (Å²) >= 11 is 0. The van der Waals surface area contributed by atoms with Crippen LogP contribution < -0.4 is 19.9 Å². The first-order valence-corrected chi connectivity index (χ1v) is 7.97. The fourth-order valence-electron chi connectivity index (χ4n) is 2.54. The van der Waals surface area contributed by atoms with Gasteiger partial charge in [-0.05, 0) is 43.7 Å². The lowest BCUT2D eigenvalue weighted by atomic mass is 9.95. The smallest absolute Gasteiger partial charge is 0.122 e. The van der Waals surface area contributed by atoms with E-state index < -0.39 is 0 Å². The number of rotatable bonds is 9. The second-order valence-electron chi connectivity index (χ2n) is 5.22. The van der Waals surface area contributed by atoms with Gasteiger partial charge in [-0.3, -0.25) is 0 Å². The van der Waals surface area contributed by atoms with Crippen molar-refractivity contribution in [1.82, 2.24) is 0 Å². The third-order valence-corrected chi connectivity index (χ3v) is 3.71. The summed E-state index contributed by atoms with van der Waals surface area (Å²) in [5.74, 6) is 2.72. The Morgan fingerprint density at radius 1 is 1.00 bits per heavy atom. The van der Waals surface area contributed by atoms with Gasteiger partial charge in [0.1, 0.15) is 17.2 Å². The average molecular weight is 315 g/mol. The summed E-state index contributed by atoms with van der Waals surface area (Å²) in [6.45, 7) is 3.76. The van der Waals surface area contributed by atoms with Crippen molar-refractivity contribution < 1.29 is 14.2 Å². The normalized spacial score (nSPS) is 11.8. The van der Waals surface area contributed by atoms with Crippen LogP contribution in [-0.2, 0) is 0 Å². The highest BCUT2D eigenvalue weighted by Gasteiger charge is 2.14. The molecule has 2 aromatic rings. The summed E-state index contributed by atoms with van der Waals surface area (Å²) < 4.78 is 16.7. The van der Waals surface area contributed by atoms with Crippen LogP contribution in [0.15, 0.2) is 48.5 Å². The van der Waals surface area contributed by atoms with Crippen molar-refractivity contribution in [1.29, 1.82) is 0 Å². The monoisotopic (exact) mass is 315 g/mol. The average Bonchev–Trinajstić information content (AvgIpc) is 2.59. The van der Waals surface area contributed by atoms with Gasteiger partial charge >= 0.3 is 0 Å². The Bertz CT molecular complexity index is 601. The van der Waals surface area contributed by atoms with Crippen LogP contribution in [0, 0.1) is 0 Å².